The lowest BCUT2D eigenvalue weighted by atomic mass is 10.0. The van der Waals surface area contributed by atoms with E-state index in [4.69, 9.17) is 0 Å². The first-order valence-corrected chi connectivity index (χ1v) is 8.08. The smallest absolute Gasteiger partial charge is 0.319 e. The second-order valence-corrected chi connectivity index (χ2v) is 6.15. The van der Waals surface area contributed by atoms with Crippen molar-refractivity contribution >= 4 is 23.3 Å². The maximum atomic E-state index is 12.4. The number of hydrogen-bond acceptors (Lipinski definition) is 2. The highest BCUT2D eigenvalue weighted by Crippen LogP contribution is 2.20. The maximum Gasteiger partial charge on any atom is 0.319 e. The maximum absolute atomic E-state index is 12.4. The standard InChI is InChI=1S/C19H21N3O2/c1-12-4-3-5-17(13(12)2)18(23)20-14-6-8-15(9-7-14)21-19(24)22-16-10-11-16/h3-9,16H,10-11H2,1-2H3,(H,20,23)(H2,21,22,24). The Morgan fingerprint density at radius 3 is 2.17 bits per heavy atom. The van der Waals surface area contributed by atoms with E-state index in [1.54, 1.807) is 24.3 Å². The Morgan fingerprint density at radius 1 is 0.917 bits per heavy atom. The number of aryl methyl sites for hydroxylation is 1. The van der Waals surface area contributed by atoms with Gasteiger partial charge in [-0.15, -0.1) is 0 Å². The lowest BCUT2D eigenvalue weighted by Gasteiger charge is -2.11. The van der Waals surface area contributed by atoms with Crippen LogP contribution in [0.4, 0.5) is 16.2 Å². The summed E-state index contributed by atoms with van der Waals surface area (Å²) < 4.78 is 0. The van der Waals surface area contributed by atoms with Gasteiger partial charge in [0.15, 0.2) is 0 Å². The molecular weight excluding hydrogens is 302 g/mol. The minimum absolute atomic E-state index is 0.136. The molecule has 2 aromatic carbocycles. The SMILES string of the molecule is Cc1cccc(C(=O)Nc2ccc(NC(=O)NC3CC3)cc2)c1C. The number of carbonyl (C=O) groups excluding carboxylic acids is 2. The fourth-order valence-corrected chi connectivity index (χ4v) is 2.41. The summed E-state index contributed by atoms with van der Waals surface area (Å²) in [6, 6.07) is 12.9. The zero-order chi connectivity index (χ0) is 17.1. The molecular formula is C19H21N3O2. The zero-order valence-corrected chi connectivity index (χ0v) is 13.8. The first-order chi connectivity index (χ1) is 11.5. The first kappa shape index (κ1) is 16.1. The summed E-state index contributed by atoms with van der Waals surface area (Å²) in [5.74, 6) is -0.136. The topological polar surface area (TPSA) is 70.2 Å². The number of hydrogen-bond donors (Lipinski definition) is 3. The van der Waals surface area contributed by atoms with Crippen molar-refractivity contribution < 1.29 is 9.59 Å². The molecule has 0 heterocycles. The minimum Gasteiger partial charge on any atom is -0.335 e. The van der Waals surface area contributed by atoms with Crippen LogP contribution in [0.1, 0.15) is 34.3 Å². The average molecular weight is 323 g/mol. The van der Waals surface area contributed by atoms with Crippen molar-refractivity contribution in [2.45, 2.75) is 32.7 Å². The van der Waals surface area contributed by atoms with E-state index in [-0.39, 0.29) is 11.9 Å². The van der Waals surface area contributed by atoms with Crippen LogP contribution in [0.2, 0.25) is 0 Å². The number of benzene rings is 2. The molecule has 0 aromatic heterocycles. The molecule has 124 valence electrons. The van der Waals surface area contributed by atoms with E-state index in [0.29, 0.717) is 23.0 Å². The molecule has 0 spiro atoms. The van der Waals surface area contributed by atoms with Gasteiger partial charge in [-0.2, -0.15) is 0 Å². The van der Waals surface area contributed by atoms with Crippen molar-refractivity contribution in [3.05, 3.63) is 59.2 Å². The van der Waals surface area contributed by atoms with E-state index >= 15 is 0 Å². The van der Waals surface area contributed by atoms with Crippen molar-refractivity contribution in [3.63, 3.8) is 0 Å². The predicted octanol–water partition coefficient (Wildman–Crippen LogP) is 3.84. The summed E-state index contributed by atoms with van der Waals surface area (Å²) in [6.07, 6.45) is 2.10. The summed E-state index contributed by atoms with van der Waals surface area (Å²) >= 11 is 0. The van der Waals surface area contributed by atoms with Crippen molar-refractivity contribution in [3.8, 4) is 0 Å². The number of urea groups is 1. The molecule has 1 aliphatic rings. The summed E-state index contributed by atoms with van der Waals surface area (Å²) in [4.78, 5) is 24.1. The van der Waals surface area contributed by atoms with Gasteiger partial charge < -0.3 is 16.0 Å². The van der Waals surface area contributed by atoms with Crippen molar-refractivity contribution in [2.75, 3.05) is 10.6 Å². The van der Waals surface area contributed by atoms with Gasteiger partial charge in [0.1, 0.15) is 0 Å². The van der Waals surface area contributed by atoms with E-state index in [0.717, 1.165) is 24.0 Å². The van der Waals surface area contributed by atoms with Crippen molar-refractivity contribution in [1.29, 1.82) is 0 Å². The molecule has 3 rings (SSSR count). The fraction of sp³-hybridized carbons (Fsp3) is 0.263. The van der Waals surface area contributed by atoms with Gasteiger partial charge in [-0.25, -0.2) is 4.79 Å². The Hall–Kier alpha value is -2.82. The van der Waals surface area contributed by atoms with Crippen LogP contribution in [0.3, 0.4) is 0 Å². The Balaban J connectivity index is 1.62. The van der Waals surface area contributed by atoms with E-state index in [9.17, 15) is 9.59 Å². The Morgan fingerprint density at radius 2 is 1.54 bits per heavy atom. The number of nitrogens with one attached hydrogen (secondary N) is 3. The Kier molecular flexibility index (Phi) is 4.51. The van der Waals surface area contributed by atoms with E-state index in [1.807, 2.05) is 32.0 Å². The summed E-state index contributed by atoms with van der Waals surface area (Å²) in [5.41, 5.74) is 4.11. The van der Waals surface area contributed by atoms with E-state index in [1.165, 1.54) is 0 Å². The largest absolute Gasteiger partial charge is 0.335 e. The Bertz CT molecular complexity index is 765. The lowest BCUT2D eigenvalue weighted by Crippen LogP contribution is -2.30. The predicted molar refractivity (Wildman–Crippen MR) is 95.5 cm³/mol. The molecule has 1 fully saturated rings. The second kappa shape index (κ2) is 6.74. The van der Waals surface area contributed by atoms with Gasteiger partial charge in [-0.1, -0.05) is 12.1 Å². The normalized spacial score (nSPS) is 13.2. The molecule has 0 unspecified atom stereocenters. The van der Waals surface area contributed by atoms with E-state index < -0.39 is 0 Å². The molecule has 24 heavy (non-hydrogen) atoms. The van der Waals surface area contributed by atoms with Crippen LogP contribution in [0, 0.1) is 13.8 Å². The quantitative estimate of drug-likeness (QED) is 0.800. The monoisotopic (exact) mass is 323 g/mol. The third-order valence-electron chi connectivity index (χ3n) is 4.16. The third-order valence-corrected chi connectivity index (χ3v) is 4.16. The number of amides is 3. The number of anilines is 2. The molecule has 0 aliphatic heterocycles. The molecule has 1 saturated carbocycles. The highest BCUT2D eigenvalue weighted by atomic mass is 16.2. The van der Waals surface area contributed by atoms with Crippen LogP contribution in [0.25, 0.3) is 0 Å². The van der Waals surface area contributed by atoms with Crippen LogP contribution >= 0.6 is 0 Å². The van der Waals surface area contributed by atoms with Crippen molar-refractivity contribution in [2.24, 2.45) is 0 Å². The molecule has 3 N–H and O–H groups in total. The minimum atomic E-state index is -0.190. The van der Waals surface area contributed by atoms with Gasteiger partial charge in [-0.3, -0.25) is 4.79 Å². The molecule has 0 saturated heterocycles. The van der Waals surface area contributed by atoms with Gasteiger partial charge in [0.05, 0.1) is 0 Å². The van der Waals surface area contributed by atoms with Gasteiger partial charge in [0.25, 0.3) is 5.91 Å². The average Bonchev–Trinajstić information content (AvgIpc) is 3.35. The molecule has 2 aromatic rings. The van der Waals surface area contributed by atoms with Crippen LogP contribution in [-0.4, -0.2) is 18.0 Å². The highest BCUT2D eigenvalue weighted by Gasteiger charge is 2.23. The molecule has 0 atom stereocenters. The van der Waals surface area contributed by atoms with Gasteiger partial charge in [0, 0.05) is 23.0 Å². The van der Waals surface area contributed by atoms with Crippen molar-refractivity contribution in [1.82, 2.24) is 5.32 Å². The van der Waals surface area contributed by atoms with E-state index in [2.05, 4.69) is 16.0 Å². The van der Waals surface area contributed by atoms with Crippen LogP contribution in [0.15, 0.2) is 42.5 Å². The zero-order valence-electron chi connectivity index (χ0n) is 13.8. The summed E-state index contributed by atoms with van der Waals surface area (Å²) in [6.45, 7) is 3.93. The molecule has 5 heteroatoms. The van der Waals surface area contributed by atoms with Crippen LogP contribution in [0.5, 0.6) is 0 Å². The third kappa shape index (κ3) is 3.93. The molecule has 5 nitrogen and oxygen atoms in total. The van der Waals surface area contributed by atoms with Gasteiger partial charge >= 0.3 is 6.03 Å². The molecule has 0 bridgehead atoms. The van der Waals surface area contributed by atoms with Crippen LogP contribution < -0.4 is 16.0 Å². The number of rotatable bonds is 4. The molecule has 3 amide bonds. The fourth-order valence-electron chi connectivity index (χ4n) is 2.41. The summed E-state index contributed by atoms with van der Waals surface area (Å²) in [5, 5.41) is 8.52. The van der Waals surface area contributed by atoms with Gasteiger partial charge in [0.2, 0.25) is 0 Å². The second-order valence-electron chi connectivity index (χ2n) is 6.15. The lowest BCUT2D eigenvalue weighted by molar-refractivity contribution is 0.102. The molecule has 0 radical (unpaired) electrons. The Labute approximate surface area is 141 Å². The van der Waals surface area contributed by atoms with Gasteiger partial charge in [-0.05, 0) is 68.1 Å². The highest BCUT2D eigenvalue weighted by molar-refractivity contribution is 6.05. The van der Waals surface area contributed by atoms with Crippen LogP contribution in [-0.2, 0) is 0 Å². The number of carbonyl (C=O) groups is 2. The molecule has 1 aliphatic carbocycles. The summed E-state index contributed by atoms with van der Waals surface area (Å²) in [7, 11) is 0. The first-order valence-electron chi connectivity index (χ1n) is 8.08.